The van der Waals surface area contributed by atoms with Gasteiger partial charge >= 0.3 is 30.9 Å². The van der Waals surface area contributed by atoms with E-state index in [2.05, 4.69) is 4.74 Å². The molecule has 0 unspecified atom stereocenters. The first-order valence-corrected chi connectivity index (χ1v) is 6.48. The zero-order chi connectivity index (χ0) is 15.4. The molecular formula is C14H17LiN2O5. The molecule has 7 nitrogen and oxygen atoms in total. The SMILES string of the molecule is COC(=O)N1CCN(C(=O)c2ccc(C(=O)O)cc2)CC1.[LiH]. The van der Waals surface area contributed by atoms with Crippen LogP contribution in [-0.2, 0) is 4.74 Å². The van der Waals surface area contributed by atoms with Crippen LogP contribution < -0.4 is 0 Å². The molecule has 0 radical (unpaired) electrons. The number of carboxylic acid groups (broad SMARTS) is 1. The number of ether oxygens (including phenoxy) is 1. The summed E-state index contributed by atoms with van der Waals surface area (Å²) in [6, 6.07) is 5.80. The molecular weight excluding hydrogens is 283 g/mol. The molecule has 1 heterocycles. The molecule has 0 spiro atoms. The van der Waals surface area contributed by atoms with Crippen LogP contribution in [0.3, 0.4) is 0 Å². The van der Waals surface area contributed by atoms with Crippen molar-refractivity contribution in [2.75, 3.05) is 33.3 Å². The van der Waals surface area contributed by atoms with Gasteiger partial charge in [-0.15, -0.1) is 0 Å². The van der Waals surface area contributed by atoms with E-state index in [9.17, 15) is 14.4 Å². The van der Waals surface area contributed by atoms with Gasteiger partial charge in [0.25, 0.3) is 5.91 Å². The number of aromatic carboxylic acids is 1. The molecule has 114 valence electrons. The van der Waals surface area contributed by atoms with Crippen LogP contribution in [0.5, 0.6) is 0 Å². The number of rotatable bonds is 2. The standard InChI is InChI=1S/C14H16N2O5.Li.H/c1-21-14(20)16-8-6-15(7-9-16)12(17)10-2-4-11(5-3-10)13(18)19;;/h2-5H,6-9H2,1H3,(H,18,19);;. The monoisotopic (exact) mass is 300 g/mol. The zero-order valence-corrected chi connectivity index (χ0v) is 11.6. The fourth-order valence-corrected chi connectivity index (χ4v) is 2.16. The topological polar surface area (TPSA) is 87.2 Å². The Labute approximate surface area is 140 Å². The molecule has 22 heavy (non-hydrogen) atoms. The zero-order valence-electron chi connectivity index (χ0n) is 11.6. The molecule has 2 amide bonds. The van der Waals surface area contributed by atoms with Gasteiger partial charge in [-0.2, -0.15) is 0 Å². The molecule has 0 aliphatic carbocycles. The second kappa shape index (κ2) is 7.87. The van der Waals surface area contributed by atoms with Crippen LogP contribution in [0.15, 0.2) is 24.3 Å². The third-order valence-electron chi connectivity index (χ3n) is 3.38. The Kier molecular flexibility index (Phi) is 6.47. The average molecular weight is 300 g/mol. The van der Waals surface area contributed by atoms with Crippen molar-refractivity contribution in [2.45, 2.75) is 0 Å². The fraction of sp³-hybridized carbons (Fsp3) is 0.357. The van der Waals surface area contributed by atoms with Gasteiger partial charge in [-0.05, 0) is 24.3 Å². The normalized spacial score (nSPS) is 14.0. The second-order valence-corrected chi connectivity index (χ2v) is 4.63. The molecule has 0 atom stereocenters. The summed E-state index contributed by atoms with van der Waals surface area (Å²) >= 11 is 0. The fourth-order valence-electron chi connectivity index (χ4n) is 2.16. The first-order chi connectivity index (χ1) is 10.0. The number of benzene rings is 1. The Hall–Kier alpha value is -1.97. The van der Waals surface area contributed by atoms with Gasteiger partial charge in [0, 0.05) is 31.7 Å². The van der Waals surface area contributed by atoms with Gasteiger partial charge < -0.3 is 19.6 Å². The summed E-state index contributed by atoms with van der Waals surface area (Å²) in [6.07, 6.45) is -0.395. The molecule has 1 N–H and O–H groups in total. The molecule has 2 rings (SSSR count). The van der Waals surface area contributed by atoms with Crippen LogP contribution in [-0.4, -0.2) is 85.0 Å². The Balaban J connectivity index is 0.00000242. The Morgan fingerprint density at radius 3 is 1.86 bits per heavy atom. The maximum absolute atomic E-state index is 12.3. The van der Waals surface area contributed by atoms with E-state index in [4.69, 9.17) is 5.11 Å². The van der Waals surface area contributed by atoms with E-state index in [-0.39, 0.29) is 30.3 Å². The molecule has 1 aromatic carbocycles. The van der Waals surface area contributed by atoms with E-state index >= 15 is 0 Å². The Bertz CT molecular complexity index is 553. The number of carbonyl (C=O) groups is 3. The van der Waals surface area contributed by atoms with Crippen molar-refractivity contribution in [1.29, 1.82) is 0 Å². The van der Waals surface area contributed by atoms with E-state index in [0.29, 0.717) is 31.7 Å². The van der Waals surface area contributed by atoms with E-state index in [1.807, 2.05) is 0 Å². The quantitative estimate of drug-likeness (QED) is 0.792. The van der Waals surface area contributed by atoms with Gasteiger partial charge in [-0.1, -0.05) is 0 Å². The second-order valence-electron chi connectivity index (χ2n) is 4.63. The molecule has 0 saturated carbocycles. The van der Waals surface area contributed by atoms with E-state index in [1.54, 1.807) is 4.90 Å². The van der Waals surface area contributed by atoms with Gasteiger partial charge in [0.2, 0.25) is 0 Å². The Morgan fingerprint density at radius 1 is 0.955 bits per heavy atom. The van der Waals surface area contributed by atoms with Crippen LogP contribution in [0, 0.1) is 0 Å². The number of hydrogen-bond acceptors (Lipinski definition) is 4. The van der Waals surface area contributed by atoms with Crippen molar-refractivity contribution >= 4 is 36.8 Å². The van der Waals surface area contributed by atoms with Crippen molar-refractivity contribution in [3.63, 3.8) is 0 Å². The summed E-state index contributed by atoms with van der Waals surface area (Å²) < 4.78 is 4.63. The summed E-state index contributed by atoms with van der Waals surface area (Å²) in [4.78, 5) is 37.6. The third kappa shape index (κ3) is 4.03. The first-order valence-electron chi connectivity index (χ1n) is 6.48. The Morgan fingerprint density at radius 2 is 1.41 bits per heavy atom. The van der Waals surface area contributed by atoms with Gasteiger partial charge in [-0.3, -0.25) is 4.79 Å². The van der Waals surface area contributed by atoms with Gasteiger partial charge in [0.05, 0.1) is 12.7 Å². The number of nitrogens with zero attached hydrogens (tertiary/aromatic N) is 2. The van der Waals surface area contributed by atoms with Gasteiger partial charge in [-0.25, -0.2) is 9.59 Å². The summed E-state index contributed by atoms with van der Waals surface area (Å²) in [6.45, 7) is 1.69. The van der Waals surface area contributed by atoms with Crippen LogP contribution in [0.4, 0.5) is 4.79 Å². The number of amides is 2. The van der Waals surface area contributed by atoms with Crippen LogP contribution in [0.25, 0.3) is 0 Å². The van der Waals surface area contributed by atoms with Gasteiger partial charge in [0.15, 0.2) is 0 Å². The minimum absolute atomic E-state index is 0. The average Bonchev–Trinajstić information content (AvgIpc) is 2.53. The molecule has 1 aliphatic rings. The van der Waals surface area contributed by atoms with Crippen molar-refractivity contribution < 1.29 is 24.2 Å². The molecule has 0 bridgehead atoms. The molecule has 8 heteroatoms. The third-order valence-corrected chi connectivity index (χ3v) is 3.38. The number of carboxylic acids is 1. The minimum atomic E-state index is -1.03. The predicted molar refractivity (Wildman–Crippen MR) is 80.4 cm³/mol. The van der Waals surface area contributed by atoms with E-state index < -0.39 is 12.1 Å². The van der Waals surface area contributed by atoms with Crippen LogP contribution in [0.2, 0.25) is 0 Å². The number of hydrogen-bond donors (Lipinski definition) is 1. The van der Waals surface area contributed by atoms with Crippen molar-refractivity contribution in [1.82, 2.24) is 9.80 Å². The number of methoxy groups -OCH3 is 1. The maximum atomic E-state index is 12.3. The predicted octanol–water partition coefficient (Wildman–Crippen LogP) is 0.261. The first kappa shape index (κ1) is 18.1. The summed E-state index contributed by atoms with van der Waals surface area (Å²) in [5.41, 5.74) is 0.577. The molecule has 1 fully saturated rings. The molecule has 0 aromatic heterocycles. The molecule has 1 aromatic rings. The van der Waals surface area contributed by atoms with Crippen molar-refractivity contribution in [3.05, 3.63) is 35.4 Å². The number of carbonyl (C=O) groups excluding carboxylic acids is 2. The van der Waals surface area contributed by atoms with Crippen LogP contribution in [0.1, 0.15) is 20.7 Å². The van der Waals surface area contributed by atoms with E-state index in [0.717, 1.165) is 0 Å². The molecule has 1 aliphatic heterocycles. The van der Waals surface area contributed by atoms with Crippen molar-refractivity contribution in [3.8, 4) is 0 Å². The van der Waals surface area contributed by atoms with Crippen molar-refractivity contribution in [2.24, 2.45) is 0 Å². The molecule has 1 saturated heterocycles. The van der Waals surface area contributed by atoms with Crippen LogP contribution >= 0.6 is 0 Å². The van der Waals surface area contributed by atoms with E-state index in [1.165, 1.54) is 36.3 Å². The summed E-state index contributed by atoms with van der Waals surface area (Å²) in [7, 11) is 1.32. The number of piperazine rings is 1. The summed E-state index contributed by atoms with van der Waals surface area (Å²) in [5, 5.41) is 8.82. The summed E-state index contributed by atoms with van der Waals surface area (Å²) in [5.74, 6) is -1.20. The van der Waals surface area contributed by atoms with Gasteiger partial charge in [0.1, 0.15) is 0 Å².